The second kappa shape index (κ2) is 10.9. The fraction of sp³-hybridized carbons (Fsp3) is 0.381. The Morgan fingerprint density at radius 3 is 2.59 bits per heavy atom. The van der Waals surface area contributed by atoms with Crippen LogP contribution in [0.3, 0.4) is 0 Å². The average Bonchev–Trinajstić information content (AvgIpc) is 3.33. The molecule has 0 aliphatic carbocycles. The van der Waals surface area contributed by atoms with Crippen LogP contribution in [0.1, 0.15) is 17.2 Å². The molecule has 1 aromatic carbocycles. The molecular weight excluding hydrogens is 458 g/mol. The third-order valence-electron chi connectivity index (χ3n) is 4.87. The summed E-state index contributed by atoms with van der Waals surface area (Å²) >= 11 is 1.51. The number of aliphatic carboxylic acids is 1. The summed E-state index contributed by atoms with van der Waals surface area (Å²) in [5.74, 6) is -1.03. The first-order valence-electron chi connectivity index (χ1n) is 9.87. The molecule has 0 saturated carbocycles. The molecule has 0 spiro atoms. The number of sulfonamides is 1. The molecule has 1 aromatic heterocycles. The van der Waals surface area contributed by atoms with Crippen molar-refractivity contribution in [2.75, 3.05) is 33.4 Å². The van der Waals surface area contributed by atoms with E-state index in [4.69, 9.17) is 14.2 Å². The van der Waals surface area contributed by atoms with Gasteiger partial charge in [0.05, 0.1) is 25.2 Å². The standard InChI is InChI=1S/C21H25NO8S2/c1-28-16-4-6-17(7-5-16)32(26,27)22(8-10-23)9-11-29-20-14-15(19-3-2-12-31-19)13-18(30-20)21(24)25/h2-7,12-13,15,20,23H,8-11,14H2,1H3,(H,24,25)/t15-,20+/m1/s1. The van der Waals surface area contributed by atoms with Crippen molar-refractivity contribution >= 4 is 27.3 Å². The van der Waals surface area contributed by atoms with Crippen molar-refractivity contribution in [3.63, 3.8) is 0 Å². The van der Waals surface area contributed by atoms with Crippen LogP contribution in [-0.4, -0.2) is 68.6 Å². The van der Waals surface area contributed by atoms with E-state index < -0.39 is 22.3 Å². The molecule has 11 heteroatoms. The van der Waals surface area contributed by atoms with Crippen LogP contribution in [-0.2, 0) is 24.3 Å². The molecule has 32 heavy (non-hydrogen) atoms. The minimum absolute atomic E-state index is 0.0371. The van der Waals surface area contributed by atoms with Gasteiger partial charge in [0.1, 0.15) is 5.75 Å². The third-order valence-corrected chi connectivity index (χ3v) is 7.78. The Kier molecular flexibility index (Phi) is 8.26. The van der Waals surface area contributed by atoms with Crippen molar-refractivity contribution in [3.8, 4) is 5.75 Å². The summed E-state index contributed by atoms with van der Waals surface area (Å²) in [7, 11) is -2.38. The lowest BCUT2D eigenvalue weighted by atomic mass is 10.00. The number of hydrogen-bond donors (Lipinski definition) is 2. The molecule has 0 radical (unpaired) electrons. The van der Waals surface area contributed by atoms with E-state index in [2.05, 4.69) is 0 Å². The quantitative estimate of drug-likeness (QED) is 0.499. The molecule has 2 aromatic rings. The Morgan fingerprint density at radius 1 is 1.25 bits per heavy atom. The molecule has 2 atom stereocenters. The minimum atomic E-state index is -3.87. The van der Waals surface area contributed by atoms with E-state index in [1.54, 1.807) is 18.2 Å². The number of aliphatic hydroxyl groups excluding tert-OH is 1. The van der Waals surface area contributed by atoms with E-state index >= 15 is 0 Å². The number of allylic oxidation sites excluding steroid dienone is 1. The molecule has 174 valence electrons. The Morgan fingerprint density at radius 2 is 2.00 bits per heavy atom. The highest BCUT2D eigenvalue weighted by atomic mass is 32.2. The van der Waals surface area contributed by atoms with Crippen molar-refractivity contribution in [2.24, 2.45) is 0 Å². The first-order valence-corrected chi connectivity index (χ1v) is 12.2. The number of carboxylic acid groups (broad SMARTS) is 1. The lowest BCUT2D eigenvalue weighted by Crippen LogP contribution is -2.37. The van der Waals surface area contributed by atoms with Crippen LogP contribution >= 0.6 is 11.3 Å². The van der Waals surface area contributed by atoms with E-state index in [1.807, 2.05) is 17.5 Å². The van der Waals surface area contributed by atoms with Gasteiger partial charge in [-0.05, 0) is 41.8 Å². The molecular formula is C21H25NO8S2. The van der Waals surface area contributed by atoms with Crippen molar-refractivity contribution in [2.45, 2.75) is 23.5 Å². The zero-order valence-electron chi connectivity index (χ0n) is 17.4. The zero-order valence-corrected chi connectivity index (χ0v) is 19.0. The van der Waals surface area contributed by atoms with Gasteiger partial charge in [0.15, 0.2) is 0 Å². The number of rotatable bonds is 11. The van der Waals surface area contributed by atoms with Crippen molar-refractivity contribution in [1.29, 1.82) is 0 Å². The number of carbonyl (C=O) groups is 1. The number of carboxylic acids is 1. The summed E-state index contributed by atoms with van der Waals surface area (Å²) in [6.07, 6.45) is 1.13. The van der Waals surface area contributed by atoms with Gasteiger partial charge in [-0.15, -0.1) is 11.3 Å². The van der Waals surface area contributed by atoms with Crippen LogP contribution in [0.4, 0.5) is 0 Å². The second-order valence-electron chi connectivity index (χ2n) is 6.92. The van der Waals surface area contributed by atoms with Crippen molar-refractivity contribution in [1.82, 2.24) is 4.31 Å². The summed E-state index contributed by atoms with van der Waals surface area (Å²) in [6.45, 7) is -0.544. The average molecular weight is 484 g/mol. The molecule has 9 nitrogen and oxygen atoms in total. The third kappa shape index (κ3) is 5.87. The van der Waals surface area contributed by atoms with Gasteiger partial charge in [-0.2, -0.15) is 4.31 Å². The number of ether oxygens (including phenoxy) is 3. The maximum Gasteiger partial charge on any atom is 0.370 e. The molecule has 1 aliphatic heterocycles. The number of hydrogen-bond acceptors (Lipinski definition) is 8. The van der Waals surface area contributed by atoms with Gasteiger partial charge in [-0.1, -0.05) is 6.07 Å². The first kappa shape index (κ1) is 24.2. The number of benzene rings is 1. The summed E-state index contributed by atoms with van der Waals surface area (Å²) in [5, 5.41) is 20.6. The van der Waals surface area contributed by atoms with Crippen LogP contribution < -0.4 is 4.74 Å². The highest BCUT2D eigenvalue weighted by Gasteiger charge is 2.30. The van der Waals surface area contributed by atoms with E-state index in [1.165, 1.54) is 30.6 Å². The van der Waals surface area contributed by atoms with Crippen molar-refractivity contribution < 1.29 is 37.6 Å². The predicted octanol–water partition coefficient (Wildman–Crippen LogP) is 2.25. The molecule has 3 rings (SSSR count). The number of thiophene rings is 1. The lowest BCUT2D eigenvalue weighted by Gasteiger charge is -2.28. The Balaban J connectivity index is 1.65. The molecule has 2 heterocycles. The molecule has 0 bridgehead atoms. The number of nitrogens with zero attached hydrogens (tertiary/aromatic N) is 1. The lowest BCUT2D eigenvalue weighted by molar-refractivity contribution is -0.157. The van der Waals surface area contributed by atoms with Crippen LogP contribution in [0, 0.1) is 0 Å². The van der Waals surface area contributed by atoms with Crippen LogP contribution in [0.25, 0.3) is 0 Å². The maximum absolute atomic E-state index is 13.0. The van der Waals surface area contributed by atoms with E-state index in [-0.39, 0.29) is 42.9 Å². The molecule has 0 fully saturated rings. The van der Waals surface area contributed by atoms with Gasteiger partial charge in [0, 0.05) is 30.3 Å². The van der Waals surface area contributed by atoms with Crippen LogP contribution in [0.5, 0.6) is 5.75 Å². The largest absolute Gasteiger partial charge is 0.497 e. The van der Waals surface area contributed by atoms with Crippen molar-refractivity contribution in [3.05, 3.63) is 58.5 Å². The Bertz CT molecular complexity index is 1020. The summed E-state index contributed by atoms with van der Waals surface area (Å²) in [6, 6.07) is 9.74. The second-order valence-corrected chi connectivity index (χ2v) is 9.83. The van der Waals surface area contributed by atoms with E-state index in [0.717, 1.165) is 9.18 Å². The highest BCUT2D eigenvalue weighted by molar-refractivity contribution is 7.89. The summed E-state index contributed by atoms with van der Waals surface area (Å²) in [5.41, 5.74) is 0. The monoisotopic (exact) mass is 483 g/mol. The fourth-order valence-electron chi connectivity index (χ4n) is 3.26. The predicted molar refractivity (Wildman–Crippen MR) is 117 cm³/mol. The zero-order chi connectivity index (χ0) is 23.1. The van der Waals surface area contributed by atoms with Gasteiger partial charge >= 0.3 is 5.97 Å². The topological polar surface area (TPSA) is 123 Å². The SMILES string of the molecule is COc1ccc(S(=O)(=O)N(CCO)CCO[C@@H]2C[C@H](c3cccs3)C=C(C(=O)O)O2)cc1. The molecule has 1 aliphatic rings. The molecule has 0 amide bonds. The molecule has 2 N–H and O–H groups in total. The van der Waals surface area contributed by atoms with Gasteiger partial charge in [-0.3, -0.25) is 0 Å². The molecule has 0 unspecified atom stereocenters. The van der Waals surface area contributed by atoms with E-state index in [9.17, 15) is 23.4 Å². The first-order chi connectivity index (χ1) is 15.3. The minimum Gasteiger partial charge on any atom is -0.497 e. The van der Waals surface area contributed by atoms with Gasteiger partial charge < -0.3 is 24.4 Å². The Labute approximate surface area is 190 Å². The van der Waals surface area contributed by atoms with Crippen LogP contribution in [0.2, 0.25) is 0 Å². The van der Waals surface area contributed by atoms with Gasteiger partial charge in [0.2, 0.25) is 22.1 Å². The number of methoxy groups -OCH3 is 1. The highest BCUT2D eigenvalue weighted by Crippen LogP contribution is 2.33. The number of aliphatic hydroxyl groups is 1. The van der Waals surface area contributed by atoms with E-state index in [0.29, 0.717) is 12.2 Å². The Hall–Kier alpha value is -2.44. The van der Waals surface area contributed by atoms with Gasteiger partial charge in [-0.25, -0.2) is 13.2 Å². The normalized spacial score (nSPS) is 18.8. The summed E-state index contributed by atoms with van der Waals surface area (Å²) in [4.78, 5) is 12.5. The smallest absolute Gasteiger partial charge is 0.370 e. The maximum atomic E-state index is 13.0. The molecule has 0 saturated heterocycles. The summed E-state index contributed by atoms with van der Waals surface area (Å²) < 4.78 is 43.2. The van der Waals surface area contributed by atoms with Gasteiger partial charge in [0.25, 0.3) is 0 Å². The fourth-order valence-corrected chi connectivity index (χ4v) is 5.48. The van der Waals surface area contributed by atoms with Crippen LogP contribution in [0.15, 0.2) is 58.5 Å².